The third kappa shape index (κ3) is 56.3. The molecule has 0 radical (unpaired) electrons. The second kappa shape index (κ2) is 33.0. The fraction of sp³-hybridized carbons (Fsp3) is 0.900. The number of carbonyl (C=O) groups excluding carboxylic acids is 3. The van der Waals surface area contributed by atoms with Gasteiger partial charge in [-0.1, -0.05) is 119 Å². The van der Waals surface area contributed by atoms with E-state index in [1.54, 1.807) is 0 Å². The molecule has 0 N–H and O–H groups in total. The monoisotopic (exact) mass is 540 g/mol. The van der Waals surface area contributed by atoms with Crippen LogP contribution in [0.25, 0.3) is 0 Å². The van der Waals surface area contributed by atoms with Crippen LogP contribution in [-0.2, 0) is 14.4 Å². The normalized spacial score (nSPS) is 10.3. The number of aliphatic carboxylic acids is 3. The van der Waals surface area contributed by atoms with Crippen molar-refractivity contribution in [1.29, 1.82) is 0 Å². The summed E-state index contributed by atoms with van der Waals surface area (Å²) in [5.41, 5.74) is 0. The van der Waals surface area contributed by atoms with Crippen LogP contribution in [0.5, 0.6) is 0 Å². The summed E-state index contributed by atoms with van der Waals surface area (Å²) in [5.74, 6) is -0.444. The van der Waals surface area contributed by atoms with Crippen molar-refractivity contribution in [2.75, 3.05) is 0 Å². The number of carboxylic acid groups (broad SMARTS) is 3. The van der Waals surface area contributed by atoms with Gasteiger partial charge in [0.15, 0.2) is 0 Å². The molecule has 0 saturated carbocycles. The molecule has 0 heterocycles. The first kappa shape index (κ1) is 43.0. The van der Waals surface area contributed by atoms with Gasteiger partial charge in [0.25, 0.3) is 0 Å². The average Bonchev–Trinajstić information content (AvgIpc) is 2.75. The minimum Gasteiger partial charge on any atom is -0.550 e. The predicted molar refractivity (Wildman–Crippen MR) is 148 cm³/mol. The number of carboxylic acids is 3. The Morgan fingerprint density at radius 3 is 0.757 bits per heavy atom. The molecule has 0 spiro atoms. The molecule has 0 unspecified atom stereocenters. The van der Waals surface area contributed by atoms with E-state index >= 15 is 0 Å². The van der Waals surface area contributed by atoms with E-state index in [9.17, 15) is 29.7 Å². The Bertz CT molecular complexity index is 435. The molecule has 0 bridgehead atoms. The van der Waals surface area contributed by atoms with Crippen LogP contribution in [0.1, 0.15) is 157 Å². The molecule has 0 amide bonds. The largest absolute Gasteiger partial charge is 3.00 e. The average molecular weight is 541 g/mol. The van der Waals surface area contributed by atoms with Crippen LogP contribution in [0, 0.1) is 17.8 Å². The molecule has 0 atom stereocenters. The Kier molecular flexibility index (Phi) is 38.3. The van der Waals surface area contributed by atoms with Crippen molar-refractivity contribution in [2.24, 2.45) is 17.8 Å². The molecule has 0 fully saturated rings. The van der Waals surface area contributed by atoms with Crippen LogP contribution in [0.4, 0.5) is 0 Å². The zero-order valence-corrected chi connectivity index (χ0v) is 26.1. The number of rotatable bonds is 21. The molecule has 0 saturated heterocycles. The van der Waals surface area contributed by atoms with Gasteiger partial charge < -0.3 is 29.7 Å². The molecular formula is C30H57AlO6. The van der Waals surface area contributed by atoms with E-state index in [4.69, 9.17) is 0 Å². The van der Waals surface area contributed by atoms with Gasteiger partial charge >= 0.3 is 17.4 Å². The van der Waals surface area contributed by atoms with Crippen molar-refractivity contribution in [1.82, 2.24) is 0 Å². The van der Waals surface area contributed by atoms with E-state index < -0.39 is 17.9 Å². The van der Waals surface area contributed by atoms with Crippen LogP contribution in [0.2, 0.25) is 0 Å². The summed E-state index contributed by atoms with van der Waals surface area (Å²) in [7, 11) is 0. The molecule has 7 heteroatoms. The molecule has 0 aromatic carbocycles. The van der Waals surface area contributed by atoms with E-state index in [0.29, 0.717) is 0 Å². The maximum absolute atomic E-state index is 10.0. The van der Waals surface area contributed by atoms with Crippen LogP contribution < -0.4 is 15.3 Å². The maximum Gasteiger partial charge on any atom is 3.00 e. The van der Waals surface area contributed by atoms with E-state index in [0.717, 1.165) is 75.5 Å². The van der Waals surface area contributed by atoms with Crippen molar-refractivity contribution < 1.29 is 29.7 Å². The second-order valence-corrected chi connectivity index (χ2v) is 11.2. The third-order valence-corrected chi connectivity index (χ3v) is 5.74. The molecular weight excluding hydrogens is 483 g/mol. The molecule has 216 valence electrons. The molecule has 0 aromatic rings. The first-order valence-corrected chi connectivity index (χ1v) is 14.5. The van der Waals surface area contributed by atoms with E-state index in [2.05, 4.69) is 41.5 Å². The van der Waals surface area contributed by atoms with Crippen molar-refractivity contribution in [2.45, 2.75) is 157 Å². The van der Waals surface area contributed by atoms with Gasteiger partial charge in [0, 0.05) is 17.9 Å². The van der Waals surface area contributed by atoms with Crippen molar-refractivity contribution in [3.8, 4) is 0 Å². The quantitative estimate of drug-likeness (QED) is 0.152. The van der Waals surface area contributed by atoms with Gasteiger partial charge in [0.05, 0.1) is 0 Å². The zero-order chi connectivity index (χ0) is 28.2. The summed E-state index contributed by atoms with van der Waals surface area (Å²) < 4.78 is 0. The first-order chi connectivity index (χ1) is 16.9. The summed E-state index contributed by atoms with van der Waals surface area (Å²) in [6.45, 7) is 13.3. The van der Waals surface area contributed by atoms with Gasteiger partial charge in [-0.2, -0.15) is 0 Å². The topological polar surface area (TPSA) is 120 Å². The molecule has 0 aromatic heterocycles. The summed E-state index contributed by atoms with van der Waals surface area (Å²) >= 11 is 0. The number of hydrogen-bond acceptors (Lipinski definition) is 6. The summed E-state index contributed by atoms with van der Waals surface area (Å²) in [5, 5.41) is 30.1. The fourth-order valence-corrected chi connectivity index (χ4v) is 3.53. The van der Waals surface area contributed by atoms with Crippen LogP contribution in [-0.4, -0.2) is 35.3 Å². The van der Waals surface area contributed by atoms with E-state index in [-0.39, 0.29) is 36.6 Å². The summed E-state index contributed by atoms with van der Waals surface area (Å²) in [6.07, 6.45) is 17.0. The Morgan fingerprint density at radius 1 is 0.405 bits per heavy atom. The first-order valence-electron chi connectivity index (χ1n) is 14.5. The molecule has 0 aliphatic carbocycles. The number of carbonyl (C=O) groups is 3. The predicted octanol–water partition coefficient (Wildman–Crippen LogP) is 4.82. The zero-order valence-electron chi connectivity index (χ0n) is 25.0. The van der Waals surface area contributed by atoms with Crippen LogP contribution >= 0.6 is 0 Å². The van der Waals surface area contributed by atoms with Crippen LogP contribution in [0.3, 0.4) is 0 Å². The second-order valence-electron chi connectivity index (χ2n) is 11.2. The van der Waals surface area contributed by atoms with Crippen molar-refractivity contribution in [3.63, 3.8) is 0 Å². The standard InChI is InChI=1S/3C10H20O2.Al/c3*1-9(2)7-5-3-4-6-8-10(11)12;/h3*9H,3-8H2,1-2H3,(H,11,12);/q;;;+3/p-3. The van der Waals surface area contributed by atoms with Crippen molar-refractivity contribution >= 4 is 35.3 Å². The van der Waals surface area contributed by atoms with Gasteiger partial charge in [0.1, 0.15) is 0 Å². The van der Waals surface area contributed by atoms with Gasteiger partial charge in [-0.25, -0.2) is 0 Å². The Morgan fingerprint density at radius 2 is 0.595 bits per heavy atom. The summed E-state index contributed by atoms with van der Waals surface area (Å²) in [4.78, 5) is 30.1. The maximum atomic E-state index is 10.0. The molecule has 6 nitrogen and oxygen atoms in total. The minimum atomic E-state index is -0.918. The third-order valence-electron chi connectivity index (χ3n) is 5.74. The molecule has 37 heavy (non-hydrogen) atoms. The molecule has 0 aliphatic heterocycles. The van der Waals surface area contributed by atoms with Gasteiger partial charge in [-0.3, -0.25) is 0 Å². The van der Waals surface area contributed by atoms with Gasteiger partial charge in [-0.05, 0) is 56.3 Å². The molecule has 0 rings (SSSR count). The van der Waals surface area contributed by atoms with Crippen LogP contribution in [0.15, 0.2) is 0 Å². The van der Waals surface area contributed by atoms with Crippen molar-refractivity contribution in [3.05, 3.63) is 0 Å². The van der Waals surface area contributed by atoms with E-state index in [1.165, 1.54) is 38.5 Å². The summed E-state index contributed by atoms with van der Waals surface area (Å²) in [6, 6.07) is 0. The SMILES string of the molecule is CC(C)CCCCCCC(=O)[O-].CC(C)CCCCCCC(=O)[O-].CC(C)CCCCCCC(=O)[O-].[Al+3]. The van der Waals surface area contributed by atoms with Gasteiger partial charge in [0.2, 0.25) is 0 Å². The smallest absolute Gasteiger partial charge is 0.550 e. The van der Waals surface area contributed by atoms with E-state index in [1.807, 2.05) is 0 Å². The Labute approximate surface area is 239 Å². The minimum absolute atomic E-state index is 0. The number of unbranched alkanes of at least 4 members (excludes halogenated alkanes) is 9. The fourth-order valence-electron chi connectivity index (χ4n) is 3.53. The Balaban J connectivity index is -0.000000218. The Hall–Kier alpha value is -1.06. The van der Waals surface area contributed by atoms with Gasteiger partial charge in [-0.15, -0.1) is 0 Å². The molecule has 0 aliphatic rings. The number of hydrogen-bond donors (Lipinski definition) is 0.